The van der Waals surface area contributed by atoms with E-state index in [0.717, 1.165) is 44.1 Å². The average molecular weight is 690 g/mol. The van der Waals surface area contributed by atoms with Crippen molar-refractivity contribution in [3.8, 4) is 16.9 Å². The van der Waals surface area contributed by atoms with Crippen molar-refractivity contribution in [1.82, 2.24) is 14.9 Å². The summed E-state index contributed by atoms with van der Waals surface area (Å²) in [6, 6.07) is 5.69. The first-order chi connectivity index (χ1) is 22.4. The zero-order valence-electron chi connectivity index (χ0n) is 25.7. The van der Waals surface area contributed by atoms with Crippen molar-refractivity contribution in [2.45, 2.75) is 50.2 Å². The number of ether oxygens (including phenoxy) is 2. The summed E-state index contributed by atoms with van der Waals surface area (Å²) in [6.45, 7) is 4.67. The first-order valence-electron chi connectivity index (χ1n) is 14.9. The van der Waals surface area contributed by atoms with Crippen molar-refractivity contribution in [2.24, 2.45) is 0 Å². The maximum atomic E-state index is 16.1. The minimum atomic E-state index is -4.61. The highest BCUT2D eigenvalue weighted by Gasteiger charge is 2.35. The molecule has 4 aromatic rings. The van der Waals surface area contributed by atoms with Gasteiger partial charge in [0.15, 0.2) is 11.9 Å². The van der Waals surface area contributed by atoms with E-state index in [1.165, 1.54) is 25.3 Å². The summed E-state index contributed by atoms with van der Waals surface area (Å²) in [5.41, 5.74) is -0.791. The maximum absolute atomic E-state index is 16.1. The fraction of sp³-hybridized carbons (Fsp3) is 0.344. The Morgan fingerprint density at radius 2 is 1.89 bits per heavy atom. The summed E-state index contributed by atoms with van der Waals surface area (Å²) in [5, 5.41) is 3.26. The van der Waals surface area contributed by atoms with Gasteiger partial charge in [0.05, 0.1) is 22.2 Å². The van der Waals surface area contributed by atoms with Crippen LogP contribution in [0.5, 0.6) is 5.75 Å². The number of fused-ring (bicyclic) bond motifs is 2. The molecule has 1 aromatic heterocycles. The van der Waals surface area contributed by atoms with E-state index in [-0.39, 0.29) is 34.4 Å². The van der Waals surface area contributed by atoms with E-state index in [2.05, 4.69) is 32.0 Å². The number of aromatic nitrogens is 2. The molecule has 0 aliphatic carbocycles. The van der Waals surface area contributed by atoms with Gasteiger partial charge in [-0.1, -0.05) is 18.5 Å². The summed E-state index contributed by atoms with van der Waals surface area (Å²) in [6.07, 6.45) is 2.53. The third kappa shape index (κ3) is 6.41. The predicted molar refractivity (Wildman–Crippen MR) is 171 cm³/mol. The van der Waals surface area contributed by atoms with Crippen LogP contribution in [-0.4, -0.2) is 62.0 Å². The van der Waals surface area contributed by atoms with Gasteiger partial charge in [0.2, 0.25) is 5.95 Å². The Labute approximate surface area is 274 Å². The lowest BCUT2D eigenvalue weighted by Crippen LogP contribution is -2.37. The van der Waals surface area contributed by atoms with Crippen molar-refractivity contribution in [1.29, 1.82) is 0 Å². The second-order valence-electron chi connectivity index (χ2n) is 11.5. The highest BCUT2D eigenvalue weighted by atomic mass is 35.5. The van der Waals surface area contributed by atoms with Crippen LogP contribution < -0.4 is 14.8 Å². The molecule has 1 saturated heterocycles. The molecule has 15 heteroatoms. The number of carbonyl (C=O) groups excluding carboxylic acids is 1. The lowest BCUT2D eigenvalue weighted by Gasteiger charge is -2.29. The molecule has 248 valence electrons. The van der Waals surface area contributed by atoms with Crippen molar-refractivity contribution in [2.75, 3.05) is 36.8 Å². The molecule has 6 rings (SSSR count). The van der Waals surface area contributed by atoms with Crippen LogP contribution in [0.3, 0.4) is 0 Å². The predicted octanol–water partition coefficient (Wildman–Crippen LogP) is 6.23. The maximum Gasteiger partial charge on any atom is 0.303 e. The topological polar surface area (TPSA) is 123 Å². The van der Waals surface area contributed by atoms with Crippen LogP contribution in [0.25, 0.3) is 22.0 Å². The van der Waals surface area contributed by atoms with Gasteiger partial charge in [-0.05, 0) is 75.3 Å². The number of halogens is 4. The van der Waals surface area contributed by atoms with Crippen LogP contribution in [0.15, 0.2) is 41.4 Å². The molecule has 0 saturated carbocycles. The minimum Gasteiger partial charge on any atom is -0.487 e. The summed E-state index contributed by atoms with van der Waals surface area (Å²) in [5.74, 6) is -3.82. The normalized spacial score (nSPS) is 17.0. The number of esters is 1. The van der Waals surface area contributed by atoms with Crippen LogP contribution in [0.4, 0.5) is 24.8 Å². The zero-order chi connectivity index (χ0) is 33.6. The quantitative estimate of drug-likeness (QED) is 0.207. The van der Waals surface area contributed by atoms with Gasteiger partial charge in [0, 0.05) is 35.3 Å². The smallest absolute Gasteiger partial charge is 0.303 e. The molecule has 47 heavy (non-hydrogen) atoms. The SMILES string of the molecule is CCc1cc(-c2c(F)ccc(NS(=O)(=O)c3cc(Cl)cc4c3OC[C@H]4OC(C)=O)c2F)c(F)c2cnc(NC3CCN(C)CC3)nc12. The highest BCUT2D eigenvalue weighted by molar-refractivity contribution is 7.92. The molecule has 0 amide bonds. The molecule has 0 unspecified atom stereocenters. The summed E-state index contributed by atoms with van der Waals surface area (Å²) in [4.78, 5) is 22.1. The van der Waals surface area contributed by atoms with Crippen molar-refractivity contribution in [3.63, 3.8) is 0 Å². The highest BCUT2D eigenvalue weighted by Crippen LogP contribution is 2.43. The molecule has 2 aliphatic heterocycles. The van der Waals surface area contributed by atoms with E-state index < -0.39 is 61.3 Å². The number of rotatable bonds is 8. The molecule has 0 spiro atoms. The lowest BCUT2D eigenvalue weighted by atomic mass is 9.96. The van der Waals surface area contributed by atoms with E-state index >= 15 is 13.2 Å². The van der Waals surface area contributed by atoms with Crippen molar-refractivity contribution >= 4 is 50.1 Å². The molecule has 10 nitrogen and oxygen atoms in total. The molecule has 1 fully saturated rings. The minimum absolute atomic E-state index is 0.00991. The Morgan fingerprint density at radius 3 is 2.60 bits per heavy atom. The number of nitrogens with zero attached hydrogens (tertiary/aromatic N) is 3. The number of benzene rings is 3. The van der Waals surface area contributed by atoms with E-state index in [0.29, 0.717) is 23.4 Å². The molecular weight excluding hydrogens is 659 g/mol. The number of anilines is 2. The Bertz CT molecular complexity index is 2010. The van der Waals surface area contributed by atoms with E-state index in [4.69, 9.17) is 21.1 Å². The number of likely N-dealkylation sites (tertiary alicyclic amines) is 1. The van der Waals surface area contributed by atoms with Crippen LogP contribution in [0.2, 0.25) is 5.02 Å². The largest absolute Gasteiger partial charge is 0.487 e. The number of aryl methyl sites for hydroxylation is 1. The van der Waals surface area contributed by atoms with Crippen molar-refractivity contribution < 1.29 is 35.9 Å². The van der Waals surface area contributed by atoms with E-state index in [9.17, 15) is 13.2 Å². The third-order valence-electron chi connectivity index (χ3n) is 8.29. The molecule has 3 aromatic carbocycles. The molecule has 2 aliphatic rings. The number of sulfonamides is 1. The Hall–Kier alpha value is -4.14. The zero-order valence-corrected chi connectivity index (χ0v) is 27.2. The third-order valence-corrected chi connectivity index (χ3v) is 9.88. The summed E-state index contributed by atoms with van der Waals surface area (Å²) >= 11 is 6.18. The van der Waals surface area contributed by atoms with Crippen LogP contribution in [0.1, 0.15) is 43.9 Å². The first-order valence-corrected chi connectivity index (χ1v) is 16.8. The van der Waals surface area contributed by atoms with Gasteiger partial charge in [-0.15, -0.1) is 0 Å². The van der Waals surface area contributed by atoms with Gasteiger partial charge in [0.25, 0.3) is 10.0 Å². The number of nitrogens with one attached hydrogen (secondary N) is 2. The Morgan fingerprint density at radius 1 is 1.15 bits per heavy atom. The van der Waals surface area contributed by atoms with Gasteiger partial charge in [-0.2, -0.15) is 0 Å². The second-order valence-corrected chi connectivity index (χ2v) is 13.6. The molecule has 0 bridgehead atoms. The average Bonchev–Trinajstić information content (AvgIpc) is 3.41. The van der Waals surface area contributed by atoms with Gasteiger partial charge >= 0.3 is 5.97 Å². The molecular formula is C32H31ClF3N5O5S. The van der Waals surface area contributed by atoms with Gasteiger partial charge in [-0.25, -0.2) is 31.6 Å². The monoisotopic (exact) mass is 689 g/mol. The molecule has 3 heterocycles. The number of hydrogen-bond acceptors (Lipinski definition) is 9. The number of hydrogen-bond donors (Lipinski definition) is 2. The summed E-state index contributed by atoms with van der Waals surface area (Å²) < 4.78 is 87.4. The fourth-order valence-electron chi connectivity index (χ4n) is 5.90. The van der Waals surface area contributed by atoms with Gasteiger partial charge < -0.3 is 19.7 Å². The standard InChI is InChI=1S/C32H31ClF3N5O5S/c1-4-17-11-21(28(35)22-14-37-32(39-30(17)22)38-19-7-9-41(3)10-8-19)27-23(34)5-6-24(29(27)36)40-47(43,44)26-13-18(33)12-20-25(46-16(2)42)15-45-31(20)26/h5-6,11-14,19,25,40H,4,7-10,15H2,1-3H3,(H,37,38,39)/t25-/m1/s1. The van der Waals surface area contributed by atoms with E-state index in [1.54, 1.807) is 6.92 Å². The number of piperidine rings is 1. The summed E-state index contributed by atoms with van der Waals surface area (Å²) in [7, 11) is -2.56. The van der Waals surface area contributed by atoms with Crippen LogP contribution >= 0.6 is 11.6 Å². The number of carbonyl (C=O) groups is 1. The molecule has 0 radical (unpaired) electrons. The van der Waals surface area contributed by atoms with Crippen LogP contribution in [-0.2, 0) is 26.0 Å². The van der Waals surface area contributed by atoms with E-state index in [1.807, 2.05) is 0 Å². The molecule has 1 atom stereocenters. The Balaban J connectivity index is 1.36. The second kappa shape index (κ2) is 12.8. The van der Waals surface area contributed by atoms with Gasteiger partial charge in [0.1, 0.15) is 28.9 Å². The Kier molecular flexibility index (Phi) is 8.94. The lowest BCUT2D eigenvalue weighted by molar-refractivity contribution is -0.147. The van der Waals surface area contributed by atoms with Crippen molar-refractivity contribution in [3.05, 3.63) is 70.1 Å². The molecule has 2 N–H and O–H groups in total. The fourth-order valence-corrected chi connectivity index (χ4v) is 7.45. The van der Waals surface area contributed by atoms with Gasteiger partial charge in [-0.3, -0.25) is 9.52 Å². The van der Waals surface area contributed by atoms with Crippen LogP contribution in [0, 0.1) is 17.5 Å². The first kappa shape index (κ1) is 32.8.